The van der Waals surface area contributed by atoms with Crippen LogP contribution in [0, 0.1) is 5.92 Å². The van der Waals surface area contributed by atoms with Crippen LogP contribution in [-0.4, -0.2) is 75.2 Å². The lowest BCUT2D eigenvalue weighted by atomic mass is 9.99. The van der Waals surface area contributed by atoms with E-state index in [1.54, 1.807) is 0 Å². The molecule has 150 valence electrons. The van der Waals surface area contributed by atoms with Crippen molar-refractivity contribution in [1.82, 2.24) is 20.4 Å². The Bertz CT molecular complexity index is 341. The molecule has 25 heavy (non-hydrogen) atoms. The van der Waals surface area contributed by atoms with Gasteiger partial charge in [-0.25, -0.2) is 0 Å². The van der Waals surface area contributed by atoms with Crippen LogP contribution in [0.5, 0.6) is 0 Å². The van der Waals surface area contributed by atoms with Crippen molar-refractivity contribution in [3.05, 3.63) is 0 Å². The van der Waals surface area contributed by atoms with E-state index in [1.165, 1.54) is 58.3 Å². The second kappa shape index (κ2) is 15.0. The molecule has 0 amide bonds. The molecule has 1 saturated heterocycles. The van der Waals surface area contributed by atoms with Crippen molar-refractivity contribution >= 4 is 29.9 Å². The molecule has 1 rings (SSSR count). The molecule has 1 aliphatic heterocycles. The van der Waals surface area contributed by atoms with E-state index in [9.17, 15) is 0 Å². The summed E-state index contributed by atoms with van der Waals surface area (Å²) >= 11 is 0. The minimum atomic E-state index is 0. The number of likely N-dealkylation sites (tertiary alicyclic amines) is 1. The summed E-state index contributed by atoms with van der Waals surface area (Å²) in [5.41, 5.74) is 0. The highest BCUT2D eigenvalue weighted by Gasteiger charge is 2.14. The minimum absolute atomic E-state index is 0. The van der Waals surface area contributed by atoms with Gasteiger partial charge in [-0.2, -0.15) is 0 Å². The van der Waals surface area contributed by atoms with Crippen molar-refractivity contribution in [2.75, 3.05) is 53.4 Å². The van der Waals surface area contributed by atoms with E-state index >= 15 is 0 Å². The maximum atomic E-state index is 4.31. The highest BCUT2D eigenvalue weighted by atomic mass is 127. The molecular formula is C19H42IN5. The molecular weight excluding hydrogens is 425 g/mol. The van der Waals surface area contributed by atoms with Gasteiger partial charge in [-0.15, -0.1) is 24.0 Å². The molecule has 5 nitrogen and oxygen atoms in total. The fourth-order valence-electron chi connectivity index (χ4n) is 2.97. The summed E-state index contributed by atoms with van der Waals surface area (Å²) in [5, 5.41) is 6.86. The van der Waals surface area contributed by atoms with Crippen molar-refractivity contribution < 1.29 is 0 Å². The maximum Gasteiger partial charge on any atom is 0.190 e. The Morgan fingerprint density at radius 2 is 1.72 bits per heavy atom. The van der Waals surface area contributed by atoms with Gasteiger partial charge in [0.25, 0.3) is 0 Å². The highest BCUT2D eigenvalue weighted by Crippen LogP contribution is 2.15. The molecule has 1 aliphatic rings. The SMILES string of the molecule is CN=C(NCCCCN(C)C(C)C)NCCCN1CCC(C)CC1.I. The zero-order valence-corrected chi connectivity index (χ0v) is 19.5. The topological polar surface area (TPSA) is 42.9 Å². The smallest absolute Gasteiger partial charge is 0.190 e. The number of hydrogen-bond donors (Lipinski definition) is 2. The molecule has 1 fully saturated rings. The maximum absolute atomic E-state index is 4.31. The van der Waals surface area contributed by atoms with Crippen LogP contribution in [0.2, 0.25) is 0 Å². The highest BCUT2D eigenvalue weighted by molar-refractivity contribution is 14.0. The second-order valence-corrected chi connectivity index (χ2v) is 7.58. The molecule has 0 atom stereocenters. The fourth-order valence-corrected chi connectivity index (χ4v) is 2.97. The first-order valence-corrected chi connectivity index (χ1v) is 9.90. The quantitative estimate of drug-likeness (QED) is 0.224. The van der Waals surface area contributed by atoms with E-state index in [4.69, 9.17) is 0 Å². The second-order valence-electron chi connectivity index (χ2n) is 7.58. The molecule has 0 spiro atoms. The zero-order valence-electron chi connectivity index (χ0n) is 17.2. The van der Waals surface area contributed by atoms with Crippen molar-refractivity contribution in [2.45, 2.75) is 58.9 Å². The first-order valence-electron chi connectivity index (χ1n) is 9.90. The molecule has 0 bridgehead atoms. The molecule has 0 aromatic heterocycles. The minimum Gasteiger partial charge on any atom is -0.356 e. The summed E-state index contributed by atoms with van der Waals surface area (Å²) in [6.07, 6.45) is 6.33. The Balaban J connectivity index is 0.00000576. The van der Waals surface area contributed by atoms with Crippen LogP contribution in [0.25, 0.3) is 0 Å². The van der Waals surface area contributed by atoms with Crippen LogP contribution in [0.4, 0.5) is 0 Å². The van der Waals surface area contributed by atoms with Gasteiger partial charge in [0.05, 0.1) is 0 Å². The van der Waals surface area contributed by atoms with Crippen LogP contribution in [0.15, 0.2) is 4.99 Å². The van der Waals surface area contributed by atoms with Crippen molar-refractivity contribution in [2.24, 2.45) is 10.9 Å². The first kappa shape index (κ1) is 24.9. The van der Waals surface area contributed by atoms with Crippen molar-refractivity contribution in [3.63, 3.8) is 0 Å². The van der Waals surface area contributed by atoms with Crippen LogP contribution in [-0.2, 0) is 0 Å². The van der Waals surface area contributed by atoms with Crippen LogP contribution < -0.4 is 10.6 Å². The van der Waals surface area contributed by atoms with Crippen LogP contribution >= 0.6 is 24.0 Å². The Morgan fingerprint density at radius 3 is 2.28 bits per heavy atom. The lowest BCUT2D eigenvalue weighted by Gasteiger charge is -2.30. The molecule has 0 aliphatic carbocycles. The van der Waals surface area contributed by atoms with Crippen LogP contribution in [0.3, 0.4) is 0 Å². The van der Waals surface area contributed by atoms with E-state index in [0.29, 0.717) is 6.04 Å². The number of nitrogens with one attached hydrogen (secondary N) is 2. The summed E-state index contributed by atoms with van der Waals surface area (Å²) in [7, 11) is 4.05. The summed E-state index contributed by atoms with van der Waals surface area (Å²) in [5.74, 6) is 1.86. The predicted octanol–water partition coefficient (Wildman–Crippen LogP) is 3.01. The Labute approximate surface area is 173 Å². The van der Waals surface area contributed by atoms with Gasteiger partial charge in [-0.05, 0) is 85.1 Å². The number of unbranched alkanes of at least 4 members (excludes halogenated alkanes) is 1. The van der Waals surface area contributed by atoms with Gasteiger partial charge in [0.2, 0.25) is 0 Å². The van der Waals surface area contributed by atoms with E-state index in [0.717, 1.165) is 25.0 Å². The number of halogens is 1. The van der Waals surface area contributed by atoms with Gasteiger partial charge < -0.3 is 20.4 Å². The third-order valence-electron chi connectivity index (χ3n) is 5.16. The average molecular weight is 467 g/mol. The van der Waals surface area contributed by atoms with E-state index in [1.807, 2.05) is 7.05 Å². The van der Waals surface area contributed by atoms with E-state index in [-0.39, 0.29) is 24.0 Å². The number of aliphatic imine (C=N–C) groups is 1. The van der Waals surface area contributed by atoms with Gasteiger partial charge in [0.1, 0.15) is 0 Å². The molecule has 1 heterocycles. The number of rotatable bonds is 10. The summed E-state index contributed by atoms with van der Waals surface area (Å²) < 4.78 is 0. The third kappa shape index (κ3) is 12.0. The monoisotopic (exact) mass is 467 g/mol. The predicted molar refractivity (Wildman–Crippen MR) is 121 cm³/mol. The van der Waals surface area contributed by atoms with Gasteiger partial charge >= 0.3 is 0 Å². The molecule has 0 saturated carbocycles. The largest absolute Gasteiger partial charge is 0.356 e. The Kier molecular flexibility index (Phi) is 15.0. The molecule has 6 heteroatoms. The summed E-state index contributed by atoms with van der Waals surface area (Å²) in [6.45, 7) is 13.8. The lowest BCUT2D eigenvalue weighted by Crippen LogP contribution is -2.40. The molecule has 0 radical (unpaired) electrons. The number of nitrogens with zero attached hydrogens (tertiary/aromatic N) is 3. The molecule has 0 aromatic rings. The summed E-state index contributed by atoms with van der Waals surface area (Å²) in [6, 6.07) is 0.635. The average Bonchev–Trinajstić information content (AvgIpc) is 2.57. The van der Waals surface area contributed by atoms with E-state index < -0.39 is 0 Å². The molecule has 2 N–H and O–H groups in total. The van der Waals surface area contributed by atoms with Crippen molar-refractivity contribution in [3.8, 4) is 0 Å². The number of hydrogen-bond acceptors (Lipinski definition) is 3. The first-order chi connectivity index (χ1) is 11.5. The van der Waals surface area contributed by atoms with Gasteiger partial charge in [-0.3, -0.25) is 4.99 Å². The zero-order chi connectivity index (χ0) is 17.8. The number of piperidine rings is 1. The Hall–Kier alpha value is -0.0800. The normalized spacial score (nSPS) is 17.0. The third-order valence-corrected chi connectivity index (χ3v) is 5.16. The summed E-state index contributed by atoms with van der Waals surface area (Å²) in [4.78, 5) is 9.31. The number of guanidine groups is 1. The van der Waals surface area contributed by atoms with Gasteiger partial charge in [-0.1, -0.05) is 6.92 Å². The van der Waals surface area contributed by atoms with Crippen molar-refractivity contribution in [1.29, 1.82) is 0 Å². The van der Waals surface area contributed by atoms with E-state index in [2.05, 4.69) is 53.2 Å². The molecule has 0 unspecified atom stereocenters. The van der Waals surface area contributed by atoms with Gasteiger partial charge in [0, 0.05) is 26.2 Å². The van der Waals surface area contributed by atoms with Crippen LogP contribution in [0.1, 0.15) is 52.9 Å². The standard InChI is InChI=1S/C19H41N5.HI/c1-17(2)23(5)13-7-6-11-21-19(20-4)22-12-8-14-24-15-9-18(3)10-16-24;/h17-18H,6-16H2,1-5H3,(H2,20,21,22);1H. The fraction of sp³-hybridized carbons (Fsp3) is 0.947. The Morgan fingerprint density at radius 1 is 1.12 bits per heavy atom. The lowest BCUT2D eigenvalue weighted by molar-refractivity contribution is 0.191. The van der Waals surface area contributed by atoms with Gasteiger partial charge in [0.15, 0.2) is 5.96 Å². The molecule has 0 aromatic carbocycles.